The molecule has 3 rings (SSSR count). The zero-order chi connectivity index (χ0) is 16.6. The quantitative estimate of drug-likeness (QED) is 0.860. The second-order valence-corrected chi connectivity index (χ2v) is 6.36. The Morgan fingerprint density at radius 2 is 1.91 bits per heavy atom. The lowest BCUT2D eigenvalue weighted by molar-refractivity contribution is -0.123. The molecule has 0 saturated carbocycles. The summed E-state index contributed by atoms with van der Waals surface area (Å²) in [6.07, 6.45) is 2.24. The summed E-state index contributed by atoms with van der Waals surface area (Å²) in [7, 11) is 0. The number of nitrogens with zero attached hydrogens (tertiary/aromatic N) is 2. The van der Waals surface area contributed by atoms with Crippen molar-refractivity contribution in [3.05, 3.63) is 29.8 Å². The SMILES string of the molecule is CC1CCN(C2CC(=O)N(c3cccc(C(=O)O)c3)C2=O)CC1. The van der Waals surface area contributed by atoms with Crippen LogP contribution in [0.3, 0.4) is 0 Å². The Bertz CT molecular complexity index is 650. The highest BCUT2D eigenvalue weighted by atomic mass is 16.4. The van der Waals surface area contributed by atoms with E-state index < -0.39 is 12.0 Å². The van der Waals surface area contributed by atoms with Crippen molar-refractivity contribution in [1.29, 1.82) is 0 Å². The van der Waals surface area contributed by atoms with E-state index in [1.807, 2.05) is 0 Å². The molecule has 0 radical (unpaired) electrons. The number of imide groups is 1. The van der Waals surface area contributed by atoms with Crippen LogP contribution in [0.4, 0.5) is 5.69 Å². The number of anilines is 1. The summed E-state index contributed by atoms with van der Waals surface area (Å²) in [6.45, 7) is 3.85. The summed E-state index contributed by atoms with van der Waals surface area (Å²) in [5.74, 6) is -0.928. The van der Waals surface area contributed by atoms with Crippen molar-refractivity contribution in [3.63, 3.8) is 0 Å². The number of likely N-dealkylation sites (tertiary alicyclic amines) is 1. The molecule has 2 amide bonds. The van der Waals surface area contributed by atoms with Gasteiger partial charge < -0.3 is 5.11 Å². The van der Waals surface area contributed by atoms with E-state index >= 15 is 0 Å². The van der Waals surface area contributed by atoms with E-state index in [0.29, 0.717) is 11.6 Å². The van der Waals surface area contributed by atoms with Gasteiger partial charge in [-0.05, 0) is 50.0 Å². The predicted octanol–water partition coefficient (Wildman–Crippen LogP) is 1.75. The minimum atomic E-state index is -1.08. The average molecular weight is 316 g/mol. The molecule has 6 heteroatoms. The first kappa shape index (κ1) is 15.7. The number of carbonyl (C=O) groups excluding carboxylic acids is 2. The maximum absolute atomic E-state index is 12.7. The Hall–Kier alpha value is -2.21. The number of benzene rings is 1. The lowest BCUT2D eigenvalue weighted by Gasteiger charge is -2.33. The standard InChI is InChI=1S/C17H20N2O4/c1-11-5-7-18(8-6-11)14-10-15(20)19(16(14)21)13-4-2-3-12(9-13)17(22)23/h2-4,9,11,14H,5-8,10H2,1H3,(H,22,23). The zero-order valence-corrected chi connectivity index (χ0v) is 13.1. The Morgan fingerprint density at radius 3 is 2.57 bits per heavy atom. The van der Waals surface area contributed by atoms with E-state index in [1.54, 1.807) is 12.1 Å². The molecular formula is C17H20N2O4. The summed E-state index contributed by atoms with van der Waals surface area (Å²) in [6, 6.07) is 5.56. The third-order valence-electron chi connectivity index (χ3n) is 4.73. The van der Waals surface area contributed by atoms with Crippen LogP contribution in [0.1, 0.15) is 36.5 Å². The van der Waals surface area contributed by atoms with Crippen LogP contribution < -0.4 is 4.90 Å². The van der Waals surface area contributed by atoms with E-state index in [0.717, 1.165) is 30.8 Å². The first-order chi connectivity index (χ1) is 11.0. The molecule has 1 unspecified atom stereocenters. The maximum atomic E-state index is 12.7. The first-order valence-corrected chi connectivity index (χ1v) is 7.91. The van der Waals surface area contributed by atoms with E-state index in [2.05, 4.69) is 11.8 Å². The Balaban J connectivity index is 1.81. The fourth-order valence-electron chi connectivity index (χ4n) is 3.29. The molecule has 6 nitrogen and oxygen atoms in total. The van der Waals surface area contributed by atoms with Crippen molar-refractivity contribution < 1.29 is 19.5 Å². The molecular weight excluding hydrogens is 296 g/mol. The Morgan fingerprint density at radius 1 is 1.22 bits per heavy atom. The molecule has 2 aliphatic heterocycles. The molecule has 122 valence electrons. The van der Waals surface area contributed by atoms with Gasteiger partial charge in [0, 0.05) is 0 Å². The lowest BCUT2D eigenvalue weighted by Crippen LogP contribution is -2.45. The normalized spacial score (nSPS) is 23.5. The van der Waals surface area contributed by atoms with Gasteiger partial charge in [-0.1, -0.05) is 13.0 Å². The van der Waals surface area contributed by atoms with Crippen LogP contribution >= 0.6 is 0 Å². The minimum absolute atomic E-state index is 0.0679. The lowest BCUT2D eigenvalue weighted by atomic mass is 9.97. The van der Waals surface area contributed by atoms with Gasteiger partial charge >= 0.3 is 5.97 Å². The van der Waals surface area contributed by atoms with Crippen molar-refractivity contribution >= 4 is 23.5 Å². The molecule has 1 aromatic carbocycles. The zero-order valence-electron chi connectivity index (χ0n) is 13.1. The van der Waals surface area contributed by atoms with E-state index in [1.165, 1.54) is 12.1 Å². The van der Waals surface area contributed by atoms with Crippen molar-refractivity contribution in [2.45, 2.75) is 32.2 Å². The highest BCUT2D eigenvalue weighted by Crippen LogP contribution is 2.28. The molecule has 1 atom stereocenters. The van der Waals surface area contributed by atoms with Crippen LogP contribution in [0, 0.1) is 5.92 Å². The monoisotopic (exact) mass is 316 g/mol. The highest BCUT2D eigenvalue weighted by Gasteiger charge is 2.43. The number of amides is 2. The molecule has 2 fully saturated rings. The van der Waals surface area contributed by atoms with Gasteiger partial charge in [0.2, 0.25) is 5.91 Å². The summed E-state index contributed by atoms with van der Waals surface area (Å²) in [5.41, 5.74) is 0.408. The molecule has 2 aliphatic rings. The number of hydrogen-bond acceptors (Lipinski definition) is 4. The molecule has 0 aromatic heterocycles. The van der Waals surface area contributed by atoms with Crippen molar-refractivity contribution in [2.24, 2.45) is 5.92 Å². The van der Waals surface area contributed by atoms with Gasteiger partial charge in [0.15, 0.2) is 0 Å². The summed E-state index contributed by atoms with van der Waals surface area (Å²) >= 11 is 0. The molecule has 23 heavy (non-hydrogen) atoms. The van der Waals surface area contributed by atoms with Crippen LogP contribution in [-0.4, -0.2) is 46.9 Å². The van der Waals surface area contributed by atoms with Gasteiger partial charge in [-0.25, -0.2) is 9.69 Å². The summed E-state index contributed by atoms with van der Waals surface area (Å²) in [4.78, 5) is 39.3. The molecule has 0 spiro atoms. The maximum Gasteiger partial charge on any atom is 0.335 e. The summed E-state index contributed by atoms with van der Waals surface area (Å²) in [5, 5.41) is 9.07. The van der Waals surface area contributed by atoms with Crippen molar-refractivity contribution in [2.75, 3.05) is 18.0 Å². The van der Waals surface area contributed by atoms with Crippen LogP contribution in [-0.2, 0) is 9.59 Å². The number of carbonyl (C=O) groups is 3. The number of rotatable bonds is 3. The highest BCUT2D eigenvalue weighted by molar-refractivity contribution is 6.22. The molecule has 2 saturated heterocycles. The third-order valence-corrected chi connectivity index (χ3v) is 4.73. The third kappa shape index (κ3) is 2.99. The van der Waals surface area contributed by atoms with Gasteiger partial charge in [0.05, 0.1) is 23.7 Å². The average Bonchev–Trinajstić information content (AvgIpc) is 2.83. The van der Waals surface area contributed by atoms with Gasteiger partial charge in [-0.15, -0.1) is 0 Å². The van der Waals surface area contributed by atoms with Crippen LogP contribution in [0.25, 0.3) is 0 Å². The van der Waals surface area contributed by atoms with Crippen LogP contribution in [0.15, 0.2) is 24.3 Å². The van der Waals surface area contributed by atoms with Crippen LogP contribution in [0.2, 0.25) is 0 Å². The van der Waals surface area contributed by atoms with Crippen LogP contribution in [0.5, 0.6) is 0 Å². The van der Waals surface area contributed by atoms with Gasteiger partial charge in [-0.3, -0.25) is 14.5 Å². The largest absolute Gasteiger partial charge is 0.478 e. The van der Waals surface area contributed by atoms with E-state index in [-0.39, 0.29) is 23.8 Å². The smallest absolute Gasteiger partial charge is 0.335 e. The van der Waals surface area contributed by atoms with Crippen molar-refractivity contribution in [3.8, 4) is 0 Å². The molecule has 0 aliphatic carbocycles. The van der Waals surface area contributed by atoms with E-state index in [4.69, 9.17) is 5.11 Å². The Labute approximate surface area is 134 Å². The predicted molar refractivity (Wildman–Crippen MR) is 84.3 cm³/mol. The molecule has 1 N–H and O–H groups in total. The second kappa shape index (κ2) is 6.12. The van der Waals surface area contributed by atoms with Gasteiger partial charge in [-0.2, -0.15) is 0 Å². The van der Waals surface area contributed by atoms with Gasteiger partial charge in [0.25, 0.3) is 5.91 Å². The number of hydrogen-bond donors (Lipinski definition) is 1. The fraction of sp³-hybridized carbons (Fsp3) is 0.471. The van der Waals surface area contributed by atoms with Gasteiger partial charge in [0.1, 0.15) is 0 Å². The fourth-order valence-corrected chi connectivity index (χ4v) is 3.29. The summed E-state index contributed by atoms with van der Waals surface area (Å²) < 4.78 is 0. The minimum Gasteiger partial charge on any atom is -0.478 e. The van der Waals surface area contributed by atoms with Crippen molar-refractivity contribution in [1.82, 2.24) is 4.90 Å². The molecule has 0 bridgehead atoms. The second-order valence-electron chi connectivity index (χ2n) is 6.36. The number of carboxylic acid groups (broad SMARTS) is 1. The van der Waals surface area contributed by atoms with E-state index in [9.17, 15) is 14.4 Å². The molecule has 2 heterocycles. The number of carboxylic acids is 1. The Kier molecular flexibility index (Phi) is 4.17. The topological polar surface area (TPSA) is 77.9 Å². The number of aromatic carboxylic acids is 1. The first-order valence-electron chi connectivity index (χ1n) is 7.91. The molecule has 1 aromatic rings. The number of piperidine rings is 1.